The highest BCUT2D eigenvalue weighted by molar-refractivity contribution is 6.31. The largest absolute Gasteiger partial charge is 0.296 e. The molecule has 1 N–H and O–H groups in total. The first-order valence-electron chi connectivity index (χ1n) is 5.24. The Bertz CT molecular complexity index is 581. The maximum Gasteiger partial charge on any atom is 0.165 e. The number of rotatable bonds is 3. The molecule has 0 spiro atoms. The molecule has 0 radical (unpaired) electrons. The van der Waals surface area contributed by atoms with Crippen LogP contribution in [0.3, 0.4) is 0 Å². The van der Waals surface area contributed by atoms with Crippen molar-refractivity contribution in [3.05, 3.63) is 58.1 Å². The van der Waals surface area contributed by atoms with Gasteiger partial charge < -0.3 is 0 Å². The highest BCUT2D eigenvalue weighted by Crippen LogP contribution is 2.33. The maximum atomic E-state index is 13.9. The monoisotopic (exact) mass is 300 g/mol. The van der Waals surface area contributed by atoms with E-state index >= 15 is 0 Å². The second-order valence-corrected chi connectivity index (χ2v) is 4.46. The lowest BCUT2D eigenvalue weighted by Crippen LogP contribution is -2.16. The summed E-state index contributed by atoms with van der Waals surface area (Å²) in [4.78, 5) is 1.03. The molecule has 2 rings (SSSR count). The Kier molecular flexibility index (Phi) is 4.02. The summed E-state index contributed by atoms with van der Waals surface area (Å²) in [6.45, 7) is 0. The van der Waals surface area contributed by atoms with Gasteiger partial charge in [0.1, 0.15) is 0 Å². The van der Waals surface area contributed by atoms with E-state index in [9.17, 15) is 8.78 Å². The molecule has 0 unspecified atom stereocenters. The number of anilines is 2. The lowest BCUT2D eigenvalue weighted by atomic mass is 10.2. The van der Waals surface area contributed by atoms with E-state index in [4.69, 9.17) is 28.6 Å². The third kappa shape index (κ3) is 2.55. The highest BCUT2D eigenvalue weighted by Gasteiger charge is 2.18. The van der Waals surface area contributed by atoms with E-state index in [2.05, 4.69) is 0 Å². The summed E-state index contributed by atoms with van der Waals surface area (Å²) in [5, 5.41) is 7.14. The van der Waals surface area contributed by atoms with Gasteiger partial charge in [0, 0.05) is 0 Å². The smallest absolute Gasteiger partial charge is 0.165 e. The fourth-order valence-electron chi connectivity index (χ4n) is 1.63. The van der Waals surface area contributed by atoms with E-state index in [0.717, 1.165) is 11.2 Å². The van der Waals surface area contributed by atoms with Crippen molar-refractivity contribution in [1.82, 2.24) is 0 Å². The van der Waals surface area contributed by atoms with E-state index in [1.54, 1.807) is 0 Å². The average molecular weight is 301 g/mol. The molecular weight excluding hydrogens is 293 g/mol. The molecule has 0 fully saturated rings. The van der Waals surface area contributed by atoms with Crippen LogP contribution in [0.25, 0.3) is 0 Å². The second-order valence-electron chi connectivity index (χ2n) is 3.64. The zero-order chi connectivity index (χ0) is 14.0. The van der Waals surface area contributed by atoms with Crippen LogP contribution in [-0.2, 0) is 0 Å². The minimum atomic E-state index is -0.730. The van der Waals surface area contributed by atoms with Crippen molar-refractivity contribution in [1.29, 1.82) is 5.41 Å². The Balaban J connectivity index is 2.60. The number of benzene rings is 2. The van der Waals surface area contributed by atoms with Crippen LogP contribution in [0, 0.1) is 17.0 Å². The van der Waals surface area contributed by atoms with E-state index < -0.39 is 11.6 Å². The first-order chi connectivity index (χ1) is 9.06. The zero-order valence-electron chi connectivity index (χ0n) is 9.50. The SMILES string of the molecule is N=CN(c1cccc(Cl)c1F)c1cccc(Cl)c1F. The van der Waals surface area contributed by atoms with Crippen molar-refractivity contribution in [2.75, 3.05) is 4.90 Å². The summed E-state index contributed by atoms with van der Waals surface area (Å²) in [7, 11) is 0. The Morgan fingerprint density at radius 3 is 1.68 bits per heavy atom. The fraction of sp³-hybridized carbons (Fsp3) is 0. The van der Waals surface area contributed by atoms with Crippen LogP contribution < -0.4 is 4.90 Å². The maximum absolute atomic E-state index is 13.9. The van der Waals surface area contributed by atoms with E-state index in [0.29, 0.717) is 0 Å². The molecule has 2 aromatic rings. The molecule has 19 heavy (non-hydrogen) atoms. The summed E-state index contributed by atoms with van der Waals surface area (Å²) in [5.41, 5.74) is -0.0488. The predicted molar refractivity (Wildman–Crippen MR) is 73.7 cm³/mol. The summed E-state index contributed by atoms with van der Waals surface area (Å²) in [5.74, 6) is -1.46. The summed E-state index contributed by atoms with van der Waals surface area (Å²) < 4.78 is 27.8. The van der Waals surface area contributed by atoms with Crippen molar-refractivity contribution in [2.45, 2.75) is 0 Å². The Hall–Kier alpha value is -1.65. The molecule has 0 aliphatic rings. The standard InChI is InChI=1S/C13H8Cl2F2N2/c14-8-3-1-5-10(12(8)16)19(7-18)11-6-2-4-9(15)13(11)17/h1-7,18H. The van der Waals surface area contributed by atoms with Gasteiger partial charge in [0.25, 0.3) is 0 Å². The van der Waals surface area contributed by atoms with Crippen molar-refractivity contribution < 1.29 is 8.78 Å². The molecule has 6 heteroatoms. The van der Waals surface area contributed by atoms with Gasteiger partial charge >= 0.3 is 0 Å². The molecule has 0 bridgehead atoms. The van der Waals surface area contributed by atoms with E-state index in [1.807, 2.05) is 0 Å². The molecule has 2 nitrogen and oxygen atoms in total. The molecule has 0 amide bonds. The lowest BCUT2D eigenvalue weighted by molar-refractivity contribution is 0.621. The minimum Gasteiger partial charge on any atom is -0.296 e. The van der Waals surface area contributed by atoms with Crippen LogP contribution in [0.4, 0.5) is 20.2 Å². The third-order valence-corrected chi connectivity index (χ3v) is 3.09. The van der Waals surface area contributed by atoms with Crippen LogP contribution in [0.2, 0.25) is 10.0 Å². The molecule has 0 aromatic heterocycles. The molecule has 0 aliphatic carbocycles. The summed E-state index contributed by atoms with van der Waals surface area (Å²) >= 11 is 11.4. The number of hydrogen-bond acceptors (Lipinski definition) is 1. The molecular formula is C13H8Cl2F2N2. The van der Waals surface area contributed by atoms with Gasteiger partial charge in [0.15, 0.2) is 11.6 Å². The molecule has 0 aliphatic heterocycles. The average Bonchev–Trinajstić information content (AvgIpc) is 2.40. The number of nitrogens with one attached hydrogen (secondary N) is 1. The lowest BCUT2D eigenvalue weighted by Gasteiger charge is -2.21. The van der Waals surface area contributed by atoms with Gasteiger partial charge in [-0.3, -0.25) is 10.3 Å². The summed E-state index contributed by atoms with van der Waals surface area (Å²) in [6.07, 6.45) is 0.795. The third-order valence-electron chi connectivity index (χ3n) is 2.51. The van der Waals surface area contributed by atoms with Crippen LogP contribution in [0.5, 0.6) is 0 Å². The molecule has 0 saturated carbocycles. The Morgan fingerprint density at radius 2 is 1.32 bits per heavy atom. The normalized spacial score (nSPS) is 10.3. The quantitative estimate of drug-likeness (QED) is 0.625. The van der Waals surface area contributed by atoms with Crippen molar-refractivity contribution in [3.8, 4) is 0 Å². The van der Waals surface area contributed by atoms with Gasteiger partial charge in [-0.2, -0.15) is 0 Å². The van der Waals surface area contributed by atoms with Crippen molar-refractivity contribution in [3.63, 3.8) is 0 Å². The van der Waals surface area contributed by atoms with E-state index in [-0.39, 0.29) is 21.4 Å². The molecule has 0 heterocycles. The molecule has 2 aromatic carbocycles. The first kappa shape index (κ1) is 13.8. The number of halogens is 4. The van der Waals surface area contributed by atoms with Gasteiger partial charge in [-0.25, -0.2) is 8.78 Å². The fourth-order valence-corrected chi connectivity index (χ4v) is 1.96. The van der Waals surface area contributed by atoms with Crippen molar-refractivity contribution in [2.24, 2.45) is 0 Å². The summed E-state index contributed by atoms with van der Waals surface area (Å²) in [6, 6.07) is 8.56. The minimum absolute atomic E-state index is 0.0244. The van der Waals surface area contributed by atoms with Gasteiger partial charge in [0.05, 0.1) is 27.8 Å². The molecule has 0 saturated heterocycles. The number of nitrogens with zero attached hydrogens (tertiary/aromatic N) is 1. The Labute approximate surface area is 118 Å². The predicted octanol–water partition coefficient (Wildman–Crippen LogP) is 5.02. The topological polar surface area (TPSA) is 27.1 Å². The number of hydrogen-bond donors (Lipinski definition) is 1. The molecule has 98 valence electrons. The van der Waals surface area contributed by atoms with Gasteiger partial charge in [-0.1, -0.05) is 35.3 Å². The van der Waals surface area contributed by atoms with Gasteiger partial charge in [0.2, 0.25) is 0 Å². The van der Waals surface area contributed by atoms with Crippen molar-refractivity contribution >= 4 is 40.9 Å². The van der Waals surface area contributed by atoms with Crippen LogP contribution in [0.1, 0.15) is 0 Å². The molecule has 0 atom stereocenters. The van der Waals surface area contributed by atoms with Crippen LogP contribution >= 0.6 is 23.2 Å². The first-order valence-corrected chi connectivity index (χ1v) is 5.99. The highest BCUT2D eigenvalue weighted by atomic mass is 35.5. The van der Waals surface area contributed by atoms with Crippen LogP contribution in [0.15, 0.2) is 36.4 Å². The zero-order valence-corrected chi connectivity index (χ0v) is 11.0. The van der Waals surface area contributed by atoms with Gasteiger partial charge in [-0.15, -0.1) is 0 Å². The van der Waals surface area contributed by atoms with E-state index in [1.165, 1.54) is 36.4 Å². The second kappa shape index (κ2) is 5.55. The Morgan fingerprint density at radius 1 is 0.895 bits per heavy atom. The van der Waals surface area contributed by atoms with Gasteiger partial charge in [-0.05, 0) is 24.3 Å². The van der Waals surface area contributed by atoms with Crippen LogP contribution in [-0.4, -0.2) is 6.34 Å².